The van der Waals surface area contributed by atoms with Gasteiger partial charge >= 0.3 is 0 Å². The number of thiophene rings is 1. The first-order valence-electron chi connectivity index (χ1n) is 11.6. The third-order valence-corrected chi connectivity index (χ3v) is 7.78. The lowest BCUT2D eigenvalue weighted by molar-refractivity contribution is -0.122. The van der Waals surface area contributed by atoms with Crippen LogP contribution >= 0.6 is 11.3 Å². The van der Waals surface area contributed by atoms with Crippen LogP contribution in [-0.2, 0) is 16.1 Å². The smallest absolute Gasteiger partial charge is 0.261 e. The Labute approximate surface area is 203 Å². The standard InChI is InChI=1S/C25H23F2N5O2S/c26-19(27)13-31-8-5-14(6-9-31)12-32-18-4-2-1-3-16(18)22(30-32)21-20(23(33)29-24(21)34)17-11-28-25-15(17)7-10-35-25/h1-4,7,10-11,14,19,28H,5-6,8-9,12-13H2,(H,29,33,34). The van der Waals surface area contributed by atoms with Crippen molar-refractivity contribution in [2.45, 2.75) is 25.8 Å². The number of benzene rings is 1. The molecule has 0 bridgehead atoms. The van der Waals surface area contributed by atoms with Crippen LogP contribution in [0.3, 0.4) is 0 Å². The van der Waals surface area contributed by atoms with Crippen molar-refractivity contribution < 1.29 is 18.4 Å². The van der Waals surface area contributed by atoms with Crippen LogP contribution in [-0.4, -0.2) is 57.5 Å². The number of likely N-dealkylation sites (tertiary alicyclic amines) is 1. The molecule has 2 amide bonds. The molecule has 0 radical (unpaired) electrons. The summed E-state index contributed by atoms with van der Waals surface area (Å²) in [7, 11) is 0. The first-order valence-corrected chi connectivity index (χ1v) is 12.5. The minimum absolute atomic E-state index is 0.182. The first kappa shape index (κ1) is 22.1. The van der Waals surface area contributed by atoms with Crippen molar-refractivity contribution in [2.75, 3.05) is 19.6 Å². The molecule has 6 rings (SSSR count). The maximum absolute atomic E-state index is 13.0. The maximum atomic E-state index is 13.0. The molecule has 7 nitrogen and oxygen atoms in total. The van der Waals surface area contributed by atoms with Gasteiger partial charge in [0.15, 0.2) is 0 Å². The molecule has 0 spiro atoms. The molecule has 1 saturated heterocycles. The Morgan fingerprint density at radius 1 is 1.06 bits per heavy atom. The van der Waals surface area contributed by atoms with Crippen molar-refractivity contribution in [2.24, 2.45) is 5.92 Å². The second-order valence-corrected chi connectivity index (χ2v) is 10.00. The highest BCUT2D eigenvalue weighted by Gasteiger charge is 2.36. The van der Waals surface area contributed by atoms with Crippen LogP contribution < -0.4 is 5.32 Å². The summed E-state index contributed by atoms with van der Waals surface area (Å²) in [6, 6.07) is 9.62. The number of nitrogens with one attached hydrogen (secondary N) is 2. The molecule has 2 aliphatic rings. The summed E-state index contributed by atoms with van der Waals surface area (Å²) < 4.78 is 27.4. The molecular formula is C25H23F2N5O2S. The lowest BCUT2D eigenvalue weighted by Crippen LogP contribution is -2.37. The van der Waals surface area contributed by atoms with Gasteiger partial charge in [-0.1, -0.05) is 18.2 Å². The van der Waals surface area contributed by atoms with Crippen LogP contribution in [0.2, 0.25) is 0 Å². The van der Waals surface area contributed by atoms with Gasteiger partial charge in [-0.15, -0.1) is 11.3 Å². The summed E-state index contributed by atoms with van der Waals surface area (Å²) in [4.78, 5) is 31.9. The predicted molar refractivity (Wildman–Crippen MR) is 131 cm³/mol. The van der Waals surface area contributed by atoms with E-state index < -0.39 is 18.2 Å². The van der Waals surface area contributed by atoms with Crippen molar-refractivity contribution >= 4 is 55.4 Å². The van der Waals surface area contributed by atoms with Crippen molar-refractivity contribution in [3.63, 3.8) is 0 Å². The number of carbonyl (C=O) groups excluding carboxylic acids is 2. The molecule has 35 heavy (non-hydrogen) atoms. The number of rotatable bonds is 6. The molecule has 1 aromatic carbocycles. The highest BCUT2D eigenvalue weighted by atomic mass is 32.1. The fourth-order valence-corrected chi connectivity index (χ4v) is 6.01. The summed E-state index contributed by atoms with van der Waals surface area (Å²) in [6.45, 7) is 1.72. The monoisotopic (exact) mass is 495 g/mol. The third kappa shape index (κ3) is 3.86. The number of fused-ring (bicyclic) bond motifs is 2. The van der Waals surface area contributed by atoms with E-state index >= 15 is 0 Å². The zero-order valence-electron chi connectivity index (χ0n) is 18.8. The Hall–Kier alpha value is -3.37. The van der Waals surface area contributed by atoms with Crippen LogP contribution in [0.25, 0.3) is 32.3 Å². The molecule has 0 aliphatic carbocycles. The number of hydrogen-bond donors (Lipinski definition) is 2. The number of halogens is 2. The number of alkyl halides is 2. The van der Waals surface area contributed by atoms with Crippen LogP contribution in [0.1, 0.15) is 24.1 Å². The van der Waals surface area contributed by atoms with E-state index in [1.54, 1.807) is 11.1 Å². The Bertz CT molecular complexity index is 1480. The van der Waals surface area contributed by atoms with Gasteiger partial charge < -0.3 is 4.98 Å². The highest BCUT2D eigenvalue weighted by Crippen LogP contribution is 2.38. The van der Waals surface area contributed by atoms with Gasteiger partial charge in [-0.2, -0.15) is 5.10 Å². The van der Waals surface area contributed by atoms with Gasteiger partial charge in [-0.25, -0.2) is 8.78 Å². The van der Waals surface area contributed by atoms with E-state index in [9.17, 15) is 18.4 Å². The van der Waals surface area contributed by atoms with Gasteiger partial charge in [0.25, 0.3) is 18.2 Å². The number of aromatic amines is 1. The molecule has 3 aromatic heterocycles. The maximum Gasteiger partial charge on any atom is 0.261 e. The van der Waals surface area contributed by atoms with Gasteiger partial charge in [0, 0.05) is 29.1 Å². The zero-order chi connectivity index (χ0) is 24.1. The van der Waals surface area contributed by atoms with E-state index in [1.165, 1.54) is 11.3 Å². The van der Waals surface area contributed by atoms with Crippen molar-refractivity contribution in [1.29, 1.82) is 0 Å². The number of amides is 2. The minimum atomic E-state index is -2.32. The van der Waals surface area contributed by atoms with Crippen LogP contribution in [0, 0.1) is 5.92 Å². The molecule has 10 heteroatoms. The van der Waals surface area contributed by atoms with Gasteiger partial charge in [-0.05, 0) is 49.4 Å². The number of imide groups is 1. The van der Waals surface area contributed by atoms with Gasteiger partial charge in [0.1, 0.15) is 10.5 Å². The van der Waals surface area contributed by atoms with Gasteiger partial charge in [0.05, 0.1) is 23.2 Å². The molecule has 2 N–H and O–H groups in total. The van der Waals surface area contributed by atoms with Gasteiger partial charge in [0.2, 0.25) is 0 Å². The first-order chi connectivity index (χ1) is 17.0. The number of piperidine rings is 1. The normalized spacial score (nSPS) is 18.0. The highest BCUT2D eigenvalue weighted by molar-refractivity contribution is 7.16. The van der Waals surface area contributed by atoms with E-state index in [4.69, 9.17) is 5.10 Å². The van der Waals surface area contributed by atoms with Crippen molar-refractivity contribution in [3.05, 3.63) is 53.2 Å². The molecular weight excluding hydrogens is 472 g/mol. The average Bonchev–Trinajstić information content (AvgIpc) is 3.58. The minimum Gasteiger partial charge on any atom is -0.352 e. The Kier molecular flexibility index (Phi) is 5.49. The average molecular weight is 496 g/mol. The summed E-state index contributed by atoms with van der Waals surface area (Å²) in [5.74, 6) is -0.588. The molecule has 0 unspecified atom stereocenters. The number of hydrogen-bond acceptors (Lipinski definition) is 5. The number of aromatic nitrogens is 3. The Morgan fingerprint density at radius 2 is 1.83 bits per heavy atom. The molecule has 5 heterocycles. The lowest BCUT2D eigenvalue weighted by atomic mass is 9.97. The van der Waals surface area contributed by atoms with E-state index in [0.717, 1.165) is 34.0 Å². The predicted octanol–water partition coefficient (Wildman–Crippen LogP) is 4.12. The number of para-hydroxylation sites is 1. The Morgan fingerprint density at radius 3 is 2.63 bits per heavy atom. The lowest BCUT2D eigenvalue weighted by Gasteiger charge is -2.31. The number of carbonyl (C=O) groups is 2. The van der Waals surface area contributed by atoms with Crippen LogP contribution in [0.15, 0.2) is 41.9 Å². The fraction of sp³-hybridized carbons (Fsp3) is 0.320. The van der Waals surface area contributed by atoms with E-state index in [2.05, 4.69) is 10.3 Å². The molecule has 2 aliphatic heterocycles. The fourth-order valence-electron chi connectivity index (χ4n) is 5.24. The van der Waals surface area contributed by atoms with Crippen LogP contribution in [0.4, 0.5) is 8.78 Å². The van der Waals surface area contributed by atoms with E-state index in [0.29, 0.717) is 42.4 Å². The second kappa shape index (κ2) is 8.69. The largest absolute Gasteiger partial charge is 0.352 e. The summed E-state index contributed by atoms with van der Waals surface area (Å²) >= 11 is 1.54. The molecule has 4 aromatic rings. The van der Waals surface area contributed by atoms with Gasteiger partial charge in [-0.3, -0.25) is 24.5 Å². The van der Waals surface area contributed by atoms with Crippen molar-refractivity contribution in [1.82, 2.24) is 25.0 Å². The molecule has 180 valence electrons. The zero-order valence-corrected chi connectivity index (χ0v) is 19.6. The topological polar surface area (TPSA) is 83.0 Å². The van der Waals surface area contributed by atoms with Crippen LogP contribution in [0.5, 0.6) is 0 Å². The SMILES string of the molecule is O=C1NC(=O)C(c2nn(CC3CCN(CC(F)F)CC3)c3ccccc23)=C1c1c[nH]c2sccc12. The third-order valence-electron chi connectivity index (χ3n) is 6.93. The van der Waals surface area contributed by atoms with Crippen molar-refractivity contribution in [3.8, 4) is 0 Å². The number of nitrogens with zero attached hydrogens (tertiary/aromatic N) is 3. The molecule has 1 fully saturated rings. The second-order valence-electron chi connectivity index (χ2n) is 9.08. The summed E-state index contributed by atoms with van der Waals surface area (Å²) in [6.07, 6.45) is 1.06. The quantitative estimate of drug-likeness (QED) is 0.394. The number of H-pyrrole nitrogens is 1. The van der Waals surface area contributed by atoms with E-state index in [-0.39, 0.29) is 12.1 Å². The molecule has 0 saturated carbocycles. The Balaban J connectivity index is 1.39. The molecule has 0 atom stereocenters. The summed E-state index contributed by atoms with van der Waals surface area (Å²) in [5, 5.41) is 10.9. The summed E-state index contributed by atoms with van der Waals surface area (Å²) in [5.41, 5.74) is 2.66. The van der Waals surface area contributed by atoms with E-state index in [1.807, 2.05) is 40.4 Å².